The normalized spacial score (nSPS) is 32.5. The molecule has 5 aromatic rings. The molecule has 296 valence electrons. The van der Waals surface area contributed by atoms with Crippen LogP contribution in [0.15, 0.2) is 157 Å². The van der Waals surface area contributed by atoms with Gasteiger partial charge >= 0.3 is 0 Å². The fraction of sp³-hybridized carbons (Fsp3) is 0.362. The highest BCUT2D eigenvalue weighted by Gasteiger charge is 2.55. The molecule has 0 aromatic heterocycles. The number of benzene rings is 5. The van der Waals surface area contributed by atoms with Crippen molar-refractivity contribution in [2.75, 3.05) is 13.2 Å². The van der Waals surface area contributed by atoms with E-state index in [1.165, 1.54) is 0 Å². The van der Waals surface area contributed by atoms with Gasteiger partial charge in [-0.3, -0.25) is 0 Å². The molecule has 0 N–H and O–H groups in total. The molecular weight excluding hydrogens is 741 g/mol. The van der Waals surface area contributed by atoms with Crippen LogP contribution in [-0.2, 0) is 55.8 Å². The van der Waals surface area contributed by atoms with E-state index in [1.807, 2.05) is 115 Å². The van der Waals surface area contributed by atoms with E-state index in [-0.39, 0.29) is 12.0 Å². The molecule has 4 heterocycles. The van der Waals surface area contributed by atoms with Crippen molar-refractivity contribution in [3.63, 3.8) is 0 Å². The number of fused-ring (bicyclic) bond motifs is 2. The molecule has 57 heavy (non-hydrogen) atoms. The monoisotopic (exact) mass is 788 g/mol. The molecule has 9 nitrogen and oxygen atoms in total. The third-order valence-electron chi connectivity index (χ3n) is 10.9. The van der Waals surface area contributed by atoms with Crippen LogP contribution in [0.1, 0.15) is 41.8 Å². The Morgan fingerprint density at radius 3 is 1.51 bits per heavy atom. The maximum atomic E-state index is 7.26. The summed E-state index contributed by atoms with van der Waals surface area (Å²) in [6, 6.07) is 50.5. The minimum Gasteiger partial charge on any atom is -0.370 e. The highest BCUT2D eigenvalue weighted by molar-refractivity contribution is 7.99. The summed E-state index contributed by atoms with van der Waals surface area (Å²) in [4.78, 5) is 1.04. The van der Waals surface area contributed by atoms with Gasteiger partial charge < -0.3 is 42.6 Å². The van der Waals surface area contributed by atoms with Gasteiger partial charge in [-0.25, -0.2) is 0 Å². The van der Waals surface area contributed by atoms with Crippen LogP contribution in [0, 0.1) is 5.92 Å². The van der Waals surface area contributed by atoms with Gasteiger partial charge in [-0.05, 0) is 23.3 Å². The van der Waals surface area contributed by atoms with E-state index < -0.39 is 60.9 Å². The Hall–Kier alpha value is -3.91. The molecule has 4 saturated heterocycles. The molecule has 0 amide bonds. The minimum absolute atomic E-state index is 0.257. The van der Waals surface area contributed by atoms with Crippen molar-refractivity contribution in [2.45, 2.75) is 92.1 Å². The van der Waals surface area contributed by atoms with Crippen molar-refractivity contribution in [3.8, 4) is 0 Å². The van der Waals surface area contributed by atoms with Crippen molar-refractivity contribution in [3.05, 3.63) is 174 Å². The zero-order chi connectivity index (χ0) is 38.4. The Labute approximate surface area is 338 Å². The molecular formula is C47H48O9S. The molecule has 4 aliphatic rings. The summed E-state index contributed by atoms with van der Waals surface area (Å²) in [5.41, 5.74) is 3.50. The number of ether oxygens (including phenoxy) is 9. The minimum atomic E-state index is -0.718. The predicted octanol–water partition coefficient (Wildman–Crippen LogP) is 8.65. The van der Waals surface area contributed by atoms with Crippen LogP contribution in [0.3, 0.4) is 0 Å². The van der Waals surface area contributed by atoms with E-state index in [4.69, 9.17) is 42.6 Å². The second-order valence-electron chi connectivity index (χ2n) is 14.9. The van der Waals surface area contributed by atoms with Gasteiger partial charge in [0, 0.05) is 21.9 Å². The highest BCUT2D eigenvalue weighted by atomic mass is 32.2. The third-order valence-corrected chi connectivity index (χ3v) is 12.1. The fourth-order valence-corrected chi connectivity index (χ4v) is 9.10. The van der Waals surface area contributed by atoms with Crippen molar-refractivity contribution in [1.82, 2.24) is 0 Å². The summed E-state index contributed by atoms with van der Waals surface area (Å²) in [6.07, 6.45) is -5.18. The standard InChI is InChI=1S/C47H48O9S/c1-31-39(48-27-32-17-7-2-8-18-32)40-37(29-50-45(54-40)34-21-11-4-12-22-34)52-44(31)56-43-42(49-28-33-19-9-3-10-20-33)41-38(53-47(43)57-36-25-15-6-16-26-36)30-51-46(55-41)35-23-13-5-14-24-35/h2-26,31,37-47H,27-30H2,1H3/t31?,37?,38?,39-,40+,41+,42+,43?,44+,45?,46?,47+/m1/s1. The average molecular weight is 789 g/mol. The van der Waals surface area contributed by atoms with Crippen LogP contribution in [0.4, 0.5) is 0 Å². The van der Waals surface area contributed by atoms with Crippen LogP contribution < -0.4 is 0 Å². The lowest BCUT2D eigenvalue weighted by molar-refractivity contribution is -0.381. The largest absolute Gasteiger partial charge is 0.370 e. The topological polar surface area (TPSA) is 83.1 Å². The van der Waals surface area contributed by atoms with Crippen LogP contribution in [-0.4, -0.2) is 67.7 Å². The maximum Gasteiger partial charge on any atom is 0.184 e. The smallest absolute Gasteiger partial charge is 0.184 e. The molecule has 5 aromatic carbocycles. The predicted molar refractivity (Wildman–Crippen MR) is 214 cm³/mol. The number of rotatable bonds is 12. The Morgan fingerprint density at radius 1 is 0.509 bits per heavy atom. The van der Waals surface area contributed by atoms with E-state index in [9.17, 15) is 0 Å². The lowest BCUT2D eigenvalue weighted by atomic mass is 9.90. The average Bonchev–Trinajstić information content (AvgIpc) is 3.27. The third kappa shape index (κ3) is 9.06. The summed E-state index contributed by atoms with van der Waals surface area (Å²) in [5.74, 6) is -0.257. The number of thioether (sulfide) groups is 1. The number of hydrogen-bond donors (Lipinski definition) is 0. The zero-order valence-electron chi connectivity index (χ0n) is 31.8. The van der Waals surface area contributed by atoms with Crippen molar-refractivity contribution < 1.29 is 42.6 Å². The van der Waals surface area contributed by atoms with E-state index >= 15 is 0 Å². The van der Waals surface area contributed by atoms with Crippen LogP contribution >= 0.6 is 11.8 Å². The van der Waals surface area contributed by atoms with E-state index in [1.54, 1.807) is 11.8 Å². The fourth-order valence-electron chi connectivity index (χ4n) is 7.97. The van der Waals surface area contributed by atoms with Crippen LogP contribution in [0.2, 0.25) is 0 Å². The first-order chi connectivity index (χ1) is 28.2. The molecule has 4 fully saturated rings. The second kappa shape index (κ2) is 18.3. The Balaban J connectivity index is 1.03. The van der Waals surface area contributed by atoms with Gasteiger partial charge in [-0.2, -0.15) is 0 Å². The summed E-state index contributed by atoms with van der Waals surface area (Å²) in [7, 11) is 0. The van der Waals surface area contributed by atoms with Crippen LogP contribution in [0.5, 0.6) is 0 Å². The molecule has 0 bridgehead atoms. The van der Waals surface area contributed by atoms with E-state index in [0.29, 0.717) is 26.4 Å². The molecule has 0 spiro atoms. The molecule has 4 aliphatic heterocycles. The Kier molecular flexibility index (Phi) is 12.4. The maximum absolute atomic E-state index is 7.26. The molecule has 9 rings (SSSR count). The lowest BCUT2D eigenvalue weighted by Gasteiger charge is -2.52. The van der Waals surface area contributed by atoms with E-state index in [2.05, 4.69) is 43.3 Å². The molecule has 6 unspecified atom stereocenters. The zero-order valence-corrected chi connectivity index (χ0v) is 32.6. The van der Waals surface area contributed by atoms with Crippen molar-refractivity contribution >= 4 is 11.8 Å². The highest BCUT2D eigenvalue weighted by Crippen LogP contribution is 2.44. The lowest BCUT2D eigenvalue weighted by Crippen LogP contribution is -2.65. The van der Waals surface area contributed by atoms with Gasteiger partial charge in [-0.15, -0.1) is 0 Å². The van der Waals surface area contributed by atoms with E-state index in [0.717, 1.165) is 27.1 Å². The quantitative estimate of drug-likeness (QED) is 0.123. The first kappa shape index (κ1) is 38.6. The molecule has 0 radical (unpaired) electrons. The molecule has 0 aliphatic carbocycles. The first-order valence-electron chi connectivity index (χ1n) is 19.8. The van der Waals surface area contributed by atoms with Gasteiger partial charge in [0.2, 0.25) is 0 Å². The summed E-state index contributed by atoms with van der Waals surface area (Å²) >= 11 is 1.60. The summed E-state index contributed by atoms with van der Waals surface area (Å²) in [6.45, 7) is 3.51. The summed E-state index contributed by atoms with van der Waals surface area (Å²) in [5, 5.41) is 0. The number of hydrogen-bond acceptors (Lipinski definition) is 10. The molecule has 0 saturated carbocycles. The van der Waals surface area contributed by atoms with Crippen molar-refractivity contribution in [2.24, 2.45) is 5.92 Å². The second-order valence-corrected chi connectivity index (χ2v) is 16.0. The van der Waals surface area contributed by atoms with Gasteiger partial charge in [0.15, 0.2) is 18.9 Å². The van der Waals surface area contributed by atoms with Gasteiger partial charge in [-0.1, -0.05) is 158 Å². The molecule has 10 heteroatoms. The van der Waals surface area contributed by atoms with Gasteiger partial charge in [0.25, 0.3) is 0 Å². The van der Waals surface area contributed by atoms with Crippen LogP contribution in [0.25, 0.3) is 0 Å². The van der Waals surface area contributed by atoms with Gasteiger partial charge in [0.05, 0.1) is 32.5 Å². The Bertz CT molecular complexity index is 1960. The Morgan fingerprint density at radius 2 is 0.965 bits per heavy atom. The van der Waals surface area contributed by atoms with Crippen molar-refractivity contribution in [1.29, 1.82) is 0 Å². The first-order valence-corrected chi connectivity index (χ1v) is 20.7. The summed E-state index contributed by atoms with van der Waals surface area (Å²) < 4.78 is 60.9. The molecule has 12 atom stereocenters. The SMILES string of the molecule is CC1[C@H](OC2[C@@H](OCc3ccccc3)[C@H]3OC(c4ccccc4)OCC3O[C@H]2Sc2ccccc2)OC2COC(c3ccccc3)O[C@@H]2[C@@H]1OCc1ccccc1. The van der Waals surface area contributed by atoms with Gasteiger partial charge in [0.1, 0.15) is 42.1 Å².